The molecule has 0 N–H and O–H groups in total. The number of nitrogens with zero attached hydrogens (tertiary/aromatic N) is 3. The number of hydrogen-bond donors (Lipinski definition) is 0. The molecule has 1 aliphatic rings. The molecule has 0 aliphatic carbocycles. The number of piperazine rings is 1. The monoisotopic (exact) mass is 543 g/mol. The van der Waals surface area contributed by atoms with Gasteiger partial charge >= 0.3 is 5.97 Å². The van der Waals surface area contributed by atoms with Crippen LogP contribution >= 0.6 is 34.3 Å². The maximum Gasteiger partial charge on any atom is 0.357 e. The molecule has 1 aromatic carbocycles. The highest BCUT2D eigenvalue weighted by Crippen LogP contribution is 2.33. The number of carbonyl (C=O) groups is 2. The zero-order chi connectivity index (χ0) is 24.5. The predicted molar refractivity (Wildman–Crippen MR) is 130 cm³/mol. The number of halogens is 1. The second kappa shape index (κ2) is 10.3. The summed E-state index contributed by atoms with van der Waals surface area (Å²) in [5.41, 5.74) is 0.184. The predicted octanol–water partition coefficient (Wildman–Crippen LogP) is 3.24. The van der Waals surface area contributed by atoms with Gasteiger partial charge in [-0.1, -0.05) is 17.7 Å². The third kappa shape index (κ3) is 5.11. The number of thiazole rings is 1. The van der Waals surface area contributed by atoms with Crippen molar-refractivity contribution in [2.24, 2.45) is 0 Å². The standard InChI is InChI=1S/C21H22ClN3O6S3/c1-3-31-21(27)16-12-32-18(23-16)9-25-15(11-30-2)8-24(10-19(25)26)34(28,29)20-6-13-4-5-14(22)7-17(13)33-20/h4-7,12,15H,3,8-11H2,1-2H3/t15-/m1/s1. The number of esters is 1. The van der Waals surface area contributed by atoms with E-state index in [1.54, 1.807) is 41.5 Å². The van der Waals surface area contributed by atoms with Gasteiger partial charge in [0, 0.05) is 28.8 Å². The van der Waals surface area contributed by atoms with Crippen molar-refractivity contribution < 1.29 is 27.5 Å². The number of benzene rings is 1. The van der Waals surface area contributed by atoms with E-state index < -0.39 is 22.0 Å². The van der Waals surface area contributed by atoms with E-state index in [1.807, 2.05) is 0 Å². The van der Waals surface area contributed by atoms with Crippen LogP contribution in [0.5, 0.6) is 0 Å². The molecule has 1 aliphatic heterocycles. The van der Waals surface area contributed by atoms with Crippen molar-refractivity contribution in [2.75, 3.05) is 33.4 Å². The van der Waals surface area contributed by atoms with Crippen LogP contribution in [0.15, 0.2) is 33.9 Å². The number of aromatic nitrogens is 1. The van der Waals surface area contributed by atoms with Crippen molar-refractivity contribution in [3.63, 3.8) is 0 Å². The molecule has 0 radical (unpaired) electrons. The van der Waals surface area contributed by atoms with Gasteiger partial charge in [-0.3, -0.25) is 4.79 Å². The van der Waals surface area contributed by atoms with E-state index in [4.69, 9.17) is 21.1 Å². The summed E-state index contributed by atoms with van der Waals surface area (Å²) < 4.78 is 39.1. The number of carbonyl (C=O) groups excluding carboxylic acids is 2. The average Bonchev–Trinajstić information content (AvgIpc) is 3.43. The number of ether oxygens (including phenoxy) is 2. The van der Waals surface area contributed by atoms with Gasteiger partial charge in [0.15, 0.2) is 5.69 Å². The molecule has 3 aromatic rings. The Morgan fingerprint density at radius 3 is 2.85 bits per heavy atom. The summed E-state index contributed by atoms with van der Waals surface area (Å²) in [7, 11) is -2.40. The molecular weight excluding hydrogens is 522 g/mol. The van der Waals surface area contributed by atoms with Crippen LogP contribution in [-0.2, 0) is 30.8 Å². The first kappa shape index (κ1) is 25.0. The molecule has 3 heterocycles. The van der Waals surface area contributed by atoms with Crippen LogP contribution in [0.3, 0.4) is 0 Å². The summed E-state index contributed by atoms with van der Waals surface area (Å²) in [6.07, 6.45) is 0. The van der Waals surface area contributed by atoms with Gasteiger partial charge in [-0.2, -0.15) is 4.31 Å². The molecule has 9 nitrogen and oxygen atoms in total. The Labute approximate surface area is 209 Å². The maximum atomic E-state index is 13.4. The summed E-state index contributed by atoms with van der Waals surface area (Å²) in [6.45, 7) is 2.02. The van der Waals surface area contributed by atoms with Crippen molar-refractivity contribution in [1.82, 2.24) is 14.2 Å². The minimum absolute atomic E-state index is 0.0764. The Morgan fingerprint density at radius 1 is 1.32 bits per heavy atom. The molecule has 0 spiro atoms. The largest absolute Gasteiger partial charge is 0.461 e. The summed E-state index contributed by atoms with van der Waals surface area (Å²) in [4.78, 5) is 30.8. The van der Waals surface area contributed by atoms with Crippen LogP contribution in [0.1, 0.15) is 22.4 Å². The maximum absolute atomic E-state index is 13.4. The van der Waals surface area contributed by atoms with Gasteiger partial charge in [0.1, 0.15) is 9.22 Å². The normalized spacial score (nSPS) is 17.4. The molecule has 0 saturated carbocycles. The zero-order valence-electron chi connectivity index (χ0n) is 18.4. The Morgan fingerprint density at radius 2 is 2.12 bits per heavy atom. The molecular formula is C21H22ClN3O6S3. The summed E-state index contributed by atoms with van der Waals surface area (Å²) in [6, 6.07) is 6.27. The minimum Gasteiger partial charge on any atom is -0.461 e. The molecule has 4 rings (SSSR count). The molecule has 182 valence electrons. The Balaban J connectivity index is 1.55. The van der Waals surface area contributed by atoms with Crippen molar-refractivity contribution in [3.05, 3.63) is 45.4 Å². The molecule has 1 fully saturated rings. The third-order valence-electron chi connectivity index (χ3n) is 5.24. The van der Waals surface area contributed by atoms with Gasteiger partial charge in [-0.15, -0.1) is 22.7 Å². The minimum atomic E-state index is -3.90. The van der Waals surface area contributed by atoms with E-state index in [0.29, 0.717) is 10.0 Å². The van der Waals surface area contributed by atoms with Crippen molar-refractivity contribution in [1.29, 1.82) is 0 Å². The van der Waals surface area contributed by atoms with E-state index in [2.05, 4.69) is 4.98 Å². The van der Waals surface area contributed by atoms with Crippen LogP contribution in [0.25, 0.3) is 10.1 Å². The lowest BCUT2D eigenvalue weighted by molar-refractivity contribution is -0.139. The first-order chi connectivity index (χ1) is 16.2. The lowest BCUT2D eigenvalue weighted by atomic mass is 10.2. The van der Waals surface area contributed by atoms with Crippen LogP contribution in [0, 0.1) is 0 Å². The van der Waals surface area contributed by atoms with E-state index >= 15 is 0 Å². The first-order valence-corrected chi connectivity index (χ1v) is 13.8. The second-order valence-electron chi connectivity index (χ2n) is 7.52. The summed E-state index contributed by atoms with van der Waals surface area (Å²) >= 11 is 8.39. The number of amides is 1. The van der Waals surface area contributed by atoms with Gasteiger partial charge in [0.05, 0.1) is 32.3 Å². The van der Waals surface area contributed by atoms with Crippen molar-refractivity contribution in [3.8, 4) is 0 Å². The Kier molecular flexibility index (Phi) is 7.55. The summed E-state index contributed by atoms with van der Waals surface area (Å²) in [5.74, 6) is -0.890. The first-order valence-electron chi connectivity index (χ1n) is 10.3. The van der Waals surface area contributed by atoms with E-state index in [-0.39, 0.29) is 48.7 Å². The van der Waals surface area contributed by atoms with E-state index in [9.17, 15) is 18.0 Å². The number of sulfonamides is 1. The van der Waals surface area contributed by atoms with Crippen molar-refractivity contribution >= 4 is 66.3 Å². The highest BCUT2D eigenvalue weighted by molar-refractivity contribution is 7.91. The Bertz CT molecular complexity index is 1320. The third-order valence-corrected chi connectivity index (χ3v) is 9.67. The molecule has 1 saturated heterocycles. The van der Waals surface area contributed by atoms with E-state index in [0.717, 1.165) is 21.4 Å². The highest BCUT2D eigenvalue weighted by atomic mass is 35.5. The van der Waals surface area contributed by atoms with Crippen molar-refractivity contribution in [2.45, 2.75) is 23.7 Å². The van der Waals surface area contributed by atoms with Gasteiger partial charge in [0.25, 0.3) is 10.0 Å². The SMILES string of the molecule is CCOC(=O)c1csc(CN2C(=O)CN(S(=O)(=O)c3cc4ccc(Cl)cc4s3)C[C@@H]2COC)n1. The molecule has 1 atom stereocenters. The molecule has 34 heavy (non-hydrogen) atoms. The fourth-order valence-corrected chi connectivity index (χ4v) is 7.66. The van der Waals surface area contributed by atoms with Gasteiger partial charge in [0.2, 0.25) is 5.91 Å². The van der Waals surface area contributed by atoms with Crippen LogP contribution in [0.2, 0.25) is 5.02 Å². The average molecular weight is 544 g/mol. The molecule has 1 amide bonds. The molecule has 0 bridgehead atoms. The fourth-order valence-electron chi connectivity index (χ4n) is 3.64. The smallest absolute Gasteiger partial charge is 0.357 e. The molecule has 13 heteroatoms. The fraction of sp³-hybridized carbons (Fsp3) is 0.381. The zero-order valence-corrected chi connectivity index (χ0v) is 21.6. The highest BCUT2D eigenvalue weighted by Gasteiger charge is 2.39. The van der Waals surface area contributed by atoms with Crippen LogP contribution in [0.4, 0.5) is 0 Å². The molecule has 0 unspecified atom stereocenters. The van der Waals surface area contributed by atoms with E-state index in [1.165, 1.54) is 22.8 Å². The van der Waals surface area contributed by atoms with Gasteiger partial charge in [-0.05, 0) is 30.5 Å². The quantitative estimate of drug-likeness (QED) is 0.401. The summed E-state index contributed by atoms with van der Waals surface area (Å²) in [5, 5.41) is 3.43. The number of thiophene rings is 1. The lowest BCUT2D eigenvalue weighted by Crippen LogP contribution is -2.58. The topological polar surface area (TPSA) is 106 Å². The molecule has 2 aromatic heterocycles. The Hall–Kier alpha value is -2.09. The number of hydrogen-bond acceptors (Lipinski definition) is 9. The van der Waals surface area contributed by atoms with Crippen LogP contribution in [-0.4, -0.2) is 73.9 Å². The number of methoxy groups -OCH3 is 1. The van der Waals surface area contributed by atoms with Crippen LogP contribution < -0.4 is 0 Å². The number of rotatable bonds is 8. The lowest BCUT2D eigenvalue weighted by Gasteiger charge is -2.39. The van der Waals surface area contributed by atoms with Gasteiger partial charge in [-0.25, -0.2) is 18.2 Å². The second-order valence-corrected chi connectivity index (χ2v) is 12.2. The number of fused-ring (bicyclic) bond motifs is 1. The van der Waals surface area contributed by atoms with Gasteiger partial charge < -0.3 is 14.4 Å².